The van der Waals surface area contributed by atoms with Crippen LogP contribution in [-0.4, -0.2) is 18.3 Å². The van der Waals surface area contributed by atoms with Crippen molar-refractivity contribution >= 4 is 21.6 Å². The van der Waals surface area contributed by atoms with Gasteiger partial charge in [0.1, 0.15) is 0 Å². The molecule has 0 aromatic heterocycles. The standard InChI is InChI=1S/C11H16BrNO/c1-2-9(8-14)7-13-11-5-3-4-10(12)6-11/h3-6,9,13-14H,2,7-8H2,1H3. The number of anilines is 1. The van der Waals surface area contributed by atoms with Crippen LogP contribution in [0.25, 0.3) is 0 Å². The summed E-state index contributed by atoms with van der Waals surface area (Å²) in [4.78, 5) is 0. The molecule has 1 atom stereocenters. The van der Waals surface area contributed by atoms with E-state index < -0.39 is 0 Å². The maximum absolute atomic E-state index is 9.01. The van der Waals surface area contributed by atoms with Crippen molar-refractivity contribution < 1.29 is 5.11 Å². The topological polar surface area (TPSA) is 32.3 Å². The molecule has 1 unspecified atom stereocenters. The molecule has 0 heterocycles. The quantitative estimate of drug-likeness (QED) is 0.851. The third kappa shape index (κ3) is 3.68. The molecule has 2 nitrogen and oxygen atoms in total. The van der Waals surface area contributed by atoms with Crippen molar-refractivity contribution in [1.29, 1.82) is 0 Å². The van der Waals surface area contributed by atoms with E-state index in [1.54, 1.807) is 0 Å². The first-order valence-corrected chi connectivity index (χ1v) is 5.65. The van der Waals surface area contributed by atoms with Gasteiger partial charge in [-0.1, -0.05) is 28.9 Å². The van der Waals surface area contributed by atoms with Gasteiger partial charge in [0.05, 0.1) is 0 Å². The van der Waals surface area contributed by atoms with E-state index in [4.69, 9.17) is 5.11 Å². The molecule has 0 aliphatic heterocycles. The van der Waals surface area contributed by atoms with Crippen molar-refractivity contribution in [3.05, 3.63) is 28.7 Å². The molecule has 0 bridgehead atoms. The molecule has 0 amide bonds. The highest BCUT2D eigenvalue weighted by Crippen LogP contribution is 2.16. The molecule has 0 radical (unpaired) electrons. The second-order valence-corrected chi connectivity index (χ2v) is 4.26. The van der Waals surface area contributed by atoms with Gasteiger partial charge in [-0.15, -0.1) is 0 Å². The second-order valence-electron chi connectivity index (χ2n) is 3.35. The zero-order valence-corrected chi connectivity index (χ0v) is 9.92. The van der Waals surface area contributed by atoms with E-state index in [1.165, 1.54) is 0 Å². The van der Waals surface area contributed by atoms with E-state index in [-0.39, 0.29) is 6.61 Å². The smallest absolute Gasteiger partial charge is 0.0475 e. The summed E-state index contributed by atoms with van der Waals surface area (Å²) in [5, 5.41) is 12.3. The minimum atomic E-state index is 0.248. The summed E-state index contributed by atoms with van der Waals surface area (Å²) in [6.07, 6.45) is 0.998. The highest BCUT2D eigenvalue weighted by molar-refractivity contribution is 9.10. The van der Waals surface area contributed by atoms with Crippen molar-refractivity contribution in [3.8, 4) is 0 Å². The molecular weight excluding hydrogens is 242 g/mol. The molecule has 1 aromatic carbocycles. The minimum absolute atomic E-state index is 0.248. The van der Waals surface area contributed by atoms with Crippen LogP contribution in [0.5, 0.6) is 0 Å². The van der Waals surface area contributed by atoms with Crippen LogP contribution in [0.2, 0.25) is 0 Å². The Morgan fingerprint density at radius 2 is 2.29 bits per heavy atom. The number of hydrogen-bond acceptors (Lipinski definition) is 2. The van der Waals surface area contributed by atoms with Gasteiger partial charge in [0.25, 0.3) is 0 Å². The Bertz CT molecular complexity index is 274. The van der Waals surface area contributed by atoms with Crippen molar-refractivity contribution in [2.45, 2.75) is 13.3 Å². The van der Waals surface area contributed by atoms with E-state index >= 15 is 0 Å². The molecule has 0 spiro atoms. The molecule has 0 fully saturated rings. The summed E-state index contributed by atoms with van der Waals surface area (Å²) in [5.41, 5.74) is 1.09. The number of hydrogen-bond donors (Lipinski definition) is 2. The van der Waals surface area contributed by atoms with Crippen LogP contribution in [0, 0.1) is 5.92 Å². The molecule has 14 heavy (non-hydrogen) atoms. The van der Waals surface area contributed by atoms with Gasteiger partial charge in [-0.25, -0.2) is 0 Å². The van der Waals surface area contributed by atoms with Gasteiger partial charge < -0.3 is 10.4 Å². The Hall–Kier alpha value is -0.540. The fraction of sp³-hybridized carbons (Fsp3) is 0.455. The summed E-state index contributed by atoms with van der Waals surface area (Å²) in [6.45, 7) is 3.16. The van der Waals surface area contributed by atoms with Crippen molar-refractivity contribution in [2.24, 2.45) is 5.92 Å². The van der Waals surface area contributed by atoms with Crippen LogP contribution >= 0.6 is 15.9 Å². The highest BCUT2D eigenvalue weighted by atomic mass is 79.9. The summed E-state index contributed by atoms with van der Waals surface area (Å²) >= 11 is 3.41. The van der Waals surface area contributed by atoms with Crippen molar-refractivity contribution in [3.63, 3.8) is 0 Å². The lowest BCUT2D eigenvalue weighted by Gasteiger charge is -2.13. The van der Waals surface area contributed by atoms with Crippen LogP contribution in [0.15, 0.2) is 28.7 Å². The lowest BCUT2D eigenvalue weighted by Crippen LogP contribution is -2.16. The lowest BCUT2D eigenvalue weighted by molar-refractivity contribution is 0.230. The van der Waals surface area contributed by atoms with Gasteiger partial charge in [0, 0.05) is 23.3 Å². The van der Waals surface area contributed by atoms with Crippen LogP contribution in [0.1, 0.15) is 13.3 Å². The normalized spacial score (nSPS) is 12.5. The number of rotatable bonds is 5. The van der Waals surface area contributed by atoms with E-state index in [2.05, 4.69) is 28.2 Å². The van der Waals surface area contributed by atoms with Gasteiger partial charge in [-0.05, 0) is 30.5 Å². The van der Waals surface area contributed by atoms with Gasteiger partial charge in [-0.2, -0.15) is 0 Å². The third-order valence-electron chi connectivity index (χ3n) is 2.26. The summed E-state index contributed by atoms with van der Waals surface area (Å²) in [5.74, 6) is 0.342. The van der Waals surface area contributed by atoms with Crippen molar-refractivity contribution in [1.82, 2.24) is 0 Å². The van der Waals surface area contributed by atoms with Gasteiger partial charge >= 0.3 is 0 Å². The first-order valence-electron chi connectivity index (χ1n) is 4.86. The largest absolute Gasteiger partial charge is 0.396 e. The lowest BCUT2D eigenvalue weighted by atomic mass is 10.1. The summed E-state index contributed by atoms with van der Waals surface area (Å²) < 4.78 is 1.07. The van der Waals surface area contributed by atoms with Crippen LogP contribution in [0.3, 0.4) is 0 Å². The second kappa shape index (κ2) is 6.04. The molecule has 0 saturated carbocycles. The average Bonchev–Trinajstić information content (AvgIpc) is 2.19. The SMILES string of the molecule is CCC(CO)CNc1cccc(Br)c1. The van der Waals surface area contributed by atoms with Gasteiger partial charge in [-0.3, -0.25) is 0 Å². The Kier molecular flexibility index (Phi) is 4.98. The molecule has 78 valence electrons. The summed E-state index contributed by atoms with van der Waals surface area (Å²) in [6, 6.07) is 8.04. The molecule has 3 heteroatoms. The Balaban J connectivity index is 2.44. The number of benzene rings is 1. The van der Waals surface area contributed by atoms with Crippen molar-refractivity contribution in [2.75, 3.05) is 18.5 Å². The molecule has 0 aliphatic carbocycles. The molecule has 0 saturated heterocycles. The van der Waals surface area contributed by atoms with E-state index in [0.29, 0.717) is 5.92 Å². The maximum Gasteiger partial charge on any atom is 0.0475 e. The van der Waals surface area contributed by atoms with Crippen LogP contribution < -0.4 is 5.32 Å². The van der Waals surface area contributed by atoms with Gasteiger partial charge in [0.15, 0.2) is 0 Å². The molecule has 1 rings (SSSR count). The van der Waals surface area contributed by atoms with Crippen LogP contribution in [-0.2, 0) is 0 Å². The fourth-order valence-corrected chi connectivity index (χ4v) is 1.60. The summed E-state index contributed by atoms with van der Waals surface area (Å²) in [7, 11) is 0. The molecule has 1 aromatic rings. The Morgan fingerprint density at radius 1 is 1.50 bits per heavy atom. The van der Waals surface area contributed by atoms with Gasteiger partial charge in [0.2, 0.25) is 0 Å². The zero-order chi connectivity index (χ0) is 10.4. The maximum atomic E-state index is 9.01. The number of nitrogens with one attached hydrogen (secondary N) is 1. The molecule has 0 aliphatic rings. The molecular formula is C11H16BrNO. The third-order valence-corrected chi connectivity index (χ3v) is 2.75. The number of halogens is 1. The van der Waals surface area contributed by atoms with E-state index in [0.717, 1.165) is 23.1 Å². The minimum Gasteiger partial charge on any atom is -0.396 e. The van der Waals surface area contributed by atoms with E-state index in [1.807, 2.05) is 24.3 Å². The Labute approximate surface area is 93.5 Å². The number of aliphatic hydroxyl groups is 1. The monoisotopic (exact) mass is 257 g/mol. The Morgan fingerprint density at radius 3 is 2.86 bits per heavy atom. The van der Waals surface area contributed by atoms with Crippen LogP contribution in [0.4, 0.5) is 5.69 Å². The fourth-order valence-electron chi connectivity index (χ4n) is 1.20. The van der Waals surface area contributed by atoms with E-state index in [9.17, 15) is 0 Å². The predicted molar refractivity (Wildman–Crippen MR) is 63.5 cm³/mol. The molecule has 2 N–H and O–H groups in total. The number of aliphatic hydroxyl groups excluding tert-OH is 1. The predicted octanol–water partition coefficient (Wildman–Crippen LogP) is 2.88. The average molecular weight is 258 g/mol. The first-order chi connectivity index (χ1) is 6.76. The highest BCUT2D eigenvalue weighted by Gasteiger charge is 2.03. The zero-order valence-electron chi connectivity index (χ0n) is 8.33. The first kappa shape index (κ1) is 11.5.